The van der Waals surface area contributed by atoms with Crippen LogP contribution in [0.5, 0.6) is 0 Å². The average molecular weight is 306 g/mol. The van der Waals surface area contributed by atoms with E-state index in [4.69, 9.17) is 4.42 Å². The standard InChI is InChI=1S/C15H15FN2O2S/c1-9(14(19)18-12-6-7-12)21-15-17-8-13(20-15)10-2-4-11(16)5-3-10/h2-5,8-9,12H,6-7H2,1H3,(H,18,19)/t9-/m0/s1. The zero-order valence-electron chi connectivity index (χ0n) is 11.5. The van der Waals surface area contributed by atoms with Gasteiger partial charge in [-0.05, 0) is 44.0 Å². The molecule has 1 N–H and O–H groups in total. The molecule has 1 saturated carbocycles. The predicted molar refractivity (Wildman–Crippen MR) is 78.4 cm³/mol. The Morgan fingerprint density at radius 1 is 1.43 bits per heavy atom. The lowest BCUT2D eigenvalue weighted by atomic mass is 10.2. The van der Waals surface area contributed by atoms with Crippen LogP contribution in [-0.2, 0) is 4.79 Å². The van der Waals surface area contributed by atoms with Gasteiger partial charge in [0.2, 0.25) is 5.91 Å². The maximum Gasteiger partial charge on any atom is 0.256 e. The number of amides is 1. The Labute approximate surface area is 126 Å². The Balaban J connectivity index is 1.64. The molecule has 0 bridgehead atoms. The summed E-state index contributed by atoms with van der Waals surface area (Å²) in [4.78, 5) is 16.0. The molecule has 4 nitrogen and oxygen atoms in total. The van der Waals surface area contributed by atoms with Crippen molar-refractivity contribution in [1.29, 1.82) is 0 Å². The smallest absolute Gasteiger partial charge is 0.256 e. The van der Waals surface area contributed by atoms with E-state index in [1.54, 1.807) is 18.3 Å². The lowest BCUT2D eigenvalue weighted by Crippen LogP contribution is -2.32. The zero-order chi connectivity index (χ0) is 14.8. The van der Waals surface area contributed by atoms with Crippen molar-refractivity contribution < 1.29 is 13.6 Å². The number of hydrogen-bond acceptors (Lipinski definition) is 4. The first-order chi connectivity index (χ1) is 10.1. The van der Waals surface area contributed by atoms with E-state index in [1.165, 1.54) is 23.9 Å². The molecule has 1 aromatic carbocycles. The van der Waals surface area contributed by atoms with E-state index in [-0.39, 0.29) is 17.0 Å². The molecule has 2 aromatic rings. The fourth-order valence-electron chi connectivity index (χ4n) is 1.81. The Morgan fingerprint density at radius 2 is 2.14 bits per heavy atom. The number of thioether (sulfide) groups is 1. The van der Waals surface area contributed by atoms with Crippen LogP contribution in [0.25, 0.3) is 11.3 Å². The van der Waals surface area contributed by atoms with Crippen molar-refractivity contribution >= 4 is 17.7 Å². The van der Waals surface area contributed by atoms with Gasteiger partial charge in [-0.2, -0.15) is 0 Å². The second kappa shape index (κ2) is 5.89. The lowest BCUT2D eigenvalue weighted by molar-refractivity contribution is -0.120. The lowest BCUT2D eigenvalue weighted by Gasteiger charge is -2.08. The first kappa shape index (κ1) is 14.1. The Kier molecular flexibility index (Phi) is 3.96. The van der Waals surface area contributed by atoms with Crippen molar-refractivity contribution in [2.24, 2.45) is 0 Å². The van der Waals surface area contributed by atoms with Crippen LogP contribution in [0.1, 0.15) is 19.8 Å². The van der Waals surface area contributed by atoms with E-state index in [9.17, 15) is 9.18 Å². The zero-order valence-corrected chi connectivity index (χ0v) is 12.3. The van der Waals surface area contributed by atoms with Gasteiger partial charge in [-0.3, -0.25) is 4.79 Å². The van der Waals surface area contributed by atoms with Gasteiger partial charge in [0.05, 0.1) is 11.4 Å². The normalized spacial score (nSPS) is 15.7. The highest BCUT2D eigenvalue weighted by Gasteiger charge is 2.26. The van der Waals surface area contributed by atoms with Gasteiger partial charge in [-0.15, -0.1) is 0 Å². The second-order valence-electron chi connectivity index (χ2n) is 5.04. The van der Waals surface area contributed by atoms with E-state index in [2.05, 4.69) is 10.3 Å². The summed E-state index contributed by atoms with van der Waals surface area (Å²) in [5.74, 6) is 0.273. The maximum atomic E-state index is 12.9. The van der Waals surface area contributed by atoms with E-state index in [0.29, 0.717) is 17.0 Å². The quantitative estimate of drug-likeness (QED) is 0.862. The number of carbonyl (C=O) groups excluding carboxylic acids is 1. The Morgan fingerprint density at radius 3 is 2.81 bits per heavy atom. The molecule has 0 unspecified atom stereocenters. The minimum absolute atomic E-state index is 0.00373. The highest BCUT2D eigenvalue weighted by molar-refractivity contribution is 8.00. The summed E-state index contributed by atoms with van der Waals surface area (Å²) in [6.07, 6.45) is 3.72. The summed E-state index contributed by atoms with van der Waals surface area (Å²) in [6, 6.07) is 6.35. The van der Waals surface area contributed by atoms with Crippen molar-refractivity contribution in [2.75, 3.05) is 0 Å². The Bertz CT molecular complexity index is 637. The number of carbonyl (C=O) groups is 1. The number of halogens is 1. The first-order valence-corrected chi connectivity index (χ1v) is 7.68. The van der Waals surface area contributed by atoms with Crippen LogP contribution >= 0.6 is 11.8 Å². The van der Waals surface area contributed by atoms with Gasteiger partial charge in [0.1, 0.15) is 5.82 Å². The fourth-order valence-corrected chi connectivity index (χ4v) is 2.54. The largest absolute Gasteiger partial charge is 0.431 e. The van der Waals surface area contributed by atoms with E-state index >= 15 is 0 Å². The van der Waals surface area contributed by atoms with Gasteiger partial charge in [-0.25, -0.2) is 9.37 Å². The van der Waals surface area contributed by atoms with Crippen LogP contribution in [-0.4, -0.2) is 22.2 Å². The summed E-state index contributed by atoms with van der Waals surface area (Å²) in [6.45, 7) is 1.82. The van der Waals surface area contributed by atoms with Gasteiger partial charge < -0.3 is 9.73 Å². The third-order valence-electron chi connectivity index (χ3n) is 3.18. The first-order valence-electron chi connectivity index (χ1n) is 6.80. The molecule has 110 valence electrons. The molecule has 0 saturated heterocycles. The van der Waals surface area contributed by atoms with Crippen LogP contribution in [0, 0.1) is 5.82 Å². The van der Waals surface area contributed by atoms with E-state index in [1.807, 2.05) is 6.92 Å². The average Bonchev–Trinajstić information content (AvgIpc) is 3.16. The predicted octanol–water partition coefficient (Wildman–Crippen LogP) is 3.24. The molecule has 1 aliphatic rings. The fraction of sp³-hybridized carbons (Fsp3) is 0.333. The van der Waals surface area contributed by atoms with Gasteiger partial charge >= 0.3 is 0 Å². The number of oxazole rings is 1. The summed E-state index contributed by atoms with van der Waals surface area (Å²) in [5, 5.41) is 3.13. The van der Waals surface area contributed by atoms with Gasteiger partial charge in [-0.1, -0.05) is 11.8 Å². The number of nitrogens with one attached hydrogen (secondary N) is 1. The number of hydrogen-bond donors (Lipinski definition) is 1. The number of rotatable bonds is 5. The monoisotopic (exact) mass is 306 g/mol. The van der Waals surface area contributed by atoms with Crippen molar-refractivity contribution in [2.45, 2.75) is 36.3 Å². The van der Waals surface area contributed by atoms with Crippen LogP contribution in [0.4, 0.5) is 4.39 Å². The highest BCUT2D eigenvalue weighted by Crippen LogP contribution is 2.28. The van der Waals surface area contributed by atoms with Crippen molar-refractivity contribution in [1.82, 2.24) is 10.3 Å². The maximum absolute atomic E-state index is 12.9. The minimum Gasteiger partial charge on any atom is -0.431 e. The molecule has 1 aliphatic carbocycles. The van der Waals surface area contributed by atoms with E-state index in [0.717, 1.165) is 18.4 Å². The molecule has 6 heteroatoms. The van der Waals surface area contributed by atoms with Crippen molar-refractivity contribution in [3.05, 3.63) is 36.3 Å². The third kappa shape index (κ3) is 3.64. The number of aromatic nitrogens is 1. The van der Waals surface area contributed by atoms with Crippen LogP contribution in [0.3, 0.4) is 0 Å². The molecule has 0 aliphatic heterocycles. The number of nitrogens with zero attached hydrogens (tertiary/aromatic N) is 1. The molecule has 21 heavy (non-hydrogen) atoms. The molecule has 1 atom stereocenters. The third-order valence-corrected chi connectivity index (χ3v) is 4.14. The molecule has 0 spiro atoms. The van der Waals surface area contributed by atoms with Crippen LogP contribution in [0.2, 0.25) is 0 Å². The topological polar surface area (TPSA) is 55.1 Å². The second-order valence-corrected chi connectivity index (χ2v) is 6.33. The molecule has 1 fully saturated rings. The summed E-state index contributed by atoms with van der Waals surface area (Å²) in [5.41, 5.74) is 0.755. The van der Waals surface area contributed by atoms with Gasteiger partial charge in [0.15, 0.2) is 5.76 Å². The van der Waals surface area contributed by atoms with Gasteiger partial charge in [0.25, 0.3) is 5.22 Å². The van der Waals surface area contributed by atoms with Crippen molar-refractivity contribution in [3.8, 4) is 11.3 Å². The highest BCUT2D eigenvalue weighted by atomic mass is 32.2. The molecule has 3 rings (SSSR count). The molecule has 0 radical (unpaired) electrons. The minimum atomic E-state index is -0.293. The number of benzene rings is 1. The SMILES string of the molecule is C[C@H](Sc1ncc(-c2ccc(F)cc2)o1)C(=O)NC1CC1. The Hall–Kier alpha value is -1.82. The molecule has 1 aromatic heterocycles. The summed E-state index contributed by atoms with van der Waals surface area (Å²) >= 11 is 1.28. The summed E-state index contributed by atoms with van der Waals surface area (Å²) < 4.78 is 18.5. The van der Waals surface area contributed by atoms with E-state index < -0.39 is 0 Å². The molecular formula is C15H15FN2O2S. The summed E-state index contributed by atoms with van der Waals surface area (Å²) in [7, 11) is 0. The van der Waals surface area contributed by atoms with Crippen molar-refractivity contribution in [3.63, 3.8) is 0 Å². The molecule has 1 heterocycles. The van der Waals surface area contributed by atoms with Crippen LogP contribution in [0.15, 0.2) is 40.1 Å². The van der Waals surface area contributed by atoms with Crippen LogP contribution < -0.4 is 5.32 Å². The molecule has 1 amide bonds. The van der Waals surface area contributed by atoms with Gasteiger partial charge in [0, 0.05) is 11.6 Å². The molecular weight excluding hydrogens is 291 g/mol.